The van der Waals surface area contributed by atoms with Crippen LogP contribution in [0.2, 0.25) is 5.02 Å². The number of rotatable bonds is 4. The Kier molecular flexibility index (Phi) is 4.13. The van der Waals surface area contributed by atoms with E-state index in [-0.39, 0.29) is 18.2 Å². The number of halogens is 2. The minimum Gasteiger partial charge on any atom is -0.314 e. The summed E-state index contributed by atoms with van der Waals surface area (Å²) in [6.45, 7) is 0.971. The van der Waals surface area contributed by atoms with Gasteiger partial charge in [-0.25, -0.2) is 4.39 Å². The van der Waals surface area contributed by atoms with Gasteiger partial charge in [0, 0.05) is 29.5 Å². The van der Waals surface area contributed by atoms with Crippen molar-refractivity contribution in [3.05, 3.63) is 34.6 Å². The third-order valence-corrected chi connectivity index (χ3v) is 3.43. The van der Waals surface area contributed by atoms with Crippen LogP contribution >= 0.6 is 11.6 Å². The van der Waals surface area contributed by atoms with E-state index in [1.54, 1.807) is 12.1 Å². The molecule has 1 N–H and O–H groups in total. The molecule has 1 aromatic carbocycles. The first-order valence-corrected chi connectivity index (χ1v) is 6.22. The van der Waals surface area contributed by atoms with Gasteiger partial charge in [-0.1, -0.05) is 17.7 Å². The quantitative estimate of drug-likeness (QED) is 0.896. The Bertz CT molecular complexity index is 396. The maximum absolute atomic E-state index is 13.5. The van der Waals surface area contributed by atoms with Crippen molar-refractivity contribution in [2.45, 2.75) is 31.7 Å². The van der Waals surface area contributed by atoms with E-state index in [0.29, 0.717) is 17.0 Å². The van der Waals surface area contributed by atoms with Crippen LogP contribution in [-0.4, -0.2) is 18.4 Å². The molecular formula is C13H15ClFNO. The Morgan fingerprint density at radius 1 is 1.53 bits per heavy atom. The van der Waals surface area contributed by atoms with Crippen molar-refractivity contribution in [1.29, 1.82) is 0 Å². The normalized spacial score (nSPS) is 19.5. The van der Waals surface area contributed by atoms with Gasteiger partial charge in [-0.3, -0.25) is 4.79 Å². The number of benzene rings is 1. The van der Waals surface area contributed by atoms with Gasteiger partial charge < -0.3 is 5.32 Å². The zero-order chi connectivity index (χ0) is 12.3. The summed E-state index contributed by atoms with van der Waals surface area (Å²) in [4.78, 5) is 11.8. The Morgan fingerprint density at radius 3 is 3.00 bits per heavy atom. The summed E-state index contributed by atoms with van der Waals surface area (Å²) in [6, 6.07) is 4.75. The topological polar surface area (TPSA) is 29.1 Å². The molecule has 0 aromatic heterocycles. The van der Waals surface area contributed by atoms with Crippen LogP contribution in [0.25, 0.3) is 0 Å². The monoisotopic (exact) mass is 255 g/mol. The molecular weight excluding hydrogens is 241 g/mol. The number of nitrogens with one attached hydrogen (secondary N) is 1. The number of ketones is 1. The Labute approximate surface area is 105 Å². The first-order valence-electron chi connectivity index (χ1n) is 5.85. The van der Waals surface area contributed by atoms with Crippen LogP contribution in [0, 0.1) is 5.82 Å². The smallest absolute Gasteiger partial charge is 0.138 e. The number of hydrogen-bond acceptors (Lipinski definition) is 2. The molecule has 1 aromatic rings. The first-order chi connectivity index (χ1) is 8.16. The van der Waals surface area contributed by atoms with Gasteiger partial charge in [-0.05, 0) is 31.5 Å². The first kappa shape index (κ1) is 12.5. The highest BCUT2D eigenvalue weighted by atomic mass is 35.5. The van der Waals surface area contributed by atoms with Crippen LogP contribution in [0.5, 0.6) is 0 Å². The SMILES string of the molecule is O=C(Cc1c(F)cccc1Cl)CC1CCCN1. The molecule has 1 aliphatic rings. The largest absolute Gasteiger partial charge is 0.314 e. The number of carbonyl (C=O) groups is 1. The molecule has 1 aliphatic heterocycles. The average Bonchev–Trinajstić information content (AvgIpc) is 2.76. The second-order valence-electron chi connectivity index (χ2n) is 4.41. The van der Waals surface area contributed by atoms with Crippen molar-refractivity contribution in [3.8, 4) is 0 Å². The van der Waals surface area contributed by atoms with E-state index < -0.39 is 5.82 Å². The highest BCUT2D eigenvalue weighted by molar-refractivity contribution is 6.31. The van der Waals surface area contributed by atoms with E-state index in [1.807, 2.05) is 0 Å². The molecule has 2 rings (SSSR count). The van der Waals surface area contributed by atoms with Crippen molar-refractivity contribution in [3.63, 3.8) is 0 Å². The summed E-state index contributed by atoms with van der Waals surface area (Å²) in [5.41, 5.74) is 0.317. The van der Waals surface area contributed by atoms with Crippen molar-refractivity contribution in [1.82, 2.24) is 5.32 Å². The Morgan fingerprint density at radius 2 is 2.35 bits per heavy atom. The zero-order valence-electron chi connectivity index (χ0n) is 9.51. The molecule has 4 heteroatoms. The summed E-state index contributed by atoms with van der Waals surface area (Å²) in [5.74, 6) is -0.360. The second-order valence-corrected chi connectivity index (χ2v) is 4.82. The molecule has 1 heterocycles. The standard InChI is InChI=1S/C13H15ClFNO/c14-12-4-1-5-13(15)11(12)8-10(17)7-9-3-2-6-16-9/h1,4-5,9,16H,2-3,6-8H2. The van der Waals surface area contributed by atoms with Gasteiger partial charge in [-0.2, -0.15) is 0 Å². The van der Waals surface area contributed by atoms with E-state index in [9.17, 15) is 9.18 Å². The maximum atomic E-state index is 13.5. The van der Waals surface area contributed by atoms with Gasteiger partial charge in [-0.15, -0.1) is 0 Å². The molecule has 1 atom stereocenters. The van der Waals surface area contributed by atoms with E-state index in [4.69, 9.17) is 11.6 Å². The molecule has 0 bridgehead atoms. The number of hydrogen-bond donors (Lipinski definition) is 1. The third kappa shape index (κ3) is 3.27. The van der Waals surface area contributed by atoms with Crippen LogP contribution < -0.4 is 5.32 Å². The summed E-state index contributed by atoms with van der Waals surface area (Å²) in [5, 5.41) is 3.59. The Balaban J connectivity index is 1.97. The lowest BCUT2D eigenvalue weighted by atomic mass is 10.0. The molecule has 0 aliphatic carbocycles. The van der Waals surface area contributed by atoms with Crippen molar-refractivity contribution < 1.29 is 9.18 Å². The van der Waals surface area contributed by atoms with Gasteiger partial charge >= 0.3 is 0 Å². The maximum Gasteiger partial charge on any atom is 0.138 e. The molecule has 0 radical (unpaired) electrons. The Hall–Kier alpha value is -0.930. The van der Waals surface area contributed by atoms with E-state index in [1.165, 1.54) is 6.07 Å². The van der Waals surface area contributed by atoms with Gasteiger partial charge in [0.1, 0.15) is 11.6 Å². The summed E-state index contributed by atoms with van der Waals surface area (Å²) >= 11 is 5.88. The fourth-order valence-electron chi connectivity index (χ4n) is 2.18. The van der Waals surface area contributed by atoms with Gasteiger partial charge in [0.25, 0.3) is 0 Å². The van der Waals surface area contributed by atoms with Crippen LogP contribution in [0.4, 0.5) is 4.39 Å². The third-order valence-electron chi connectivity index (χ3n) is 3.07. The molecule has 1 unspecified atom stereocenters. The second kappa shape index (κ2) is 5.61. The summed E-state index contributed by atoms with van der Waals surface area (Å²) in [6.07, 6.45) is 2.68. The highest BCUT2D eigenvalue weighted by Gasteiger charge is 2.19. The fourth-order valence-corrected chi connectivity index (χ4v) is 2.41. The zero-order valence-corrected chi connectivity index (χ0v) is 10.3. The molecule has 2 nitrogen and oxygen atoms in total. The minimum absolute atomic E-state index is 0.0383. The number of carbonyl (C=O) groups excluding carboxylic acids is 1. The number of Topliss-reactive ketones (excluding diaryl/α,β-unsaturated/α-hetero) is 1. The lowest BCUT2D eigenvalue weighted by Gasteiger charge is -2.10. The van der Waals surface area contributed by atoms with Gasteiger partial charge in [0.2, 0.25) is 0 Å². The predicted octanol–water partition coefficient (Wildman–Crippen LogP) is 2.73. The molecule has 1 fully saturated rings. The van der Waals surface area contributed by atoms with Crippen LogP contribution in [-0.2, 0) is 11.2 Å². The lowest BCUT2D eigenvalue weighted by Crippen LogP contribution is -2.25. The average molecular weight is 256 g/mol. The predicted molar refractivity (Wildman–Crippen MR) is 65.8 cm³/mol. The minimum atomic E-state index is -0.398. The van der Waals surface area contributed by atoms with Crippen LogP contribution in [0.3, 0.4) is 0 Å². The van der Waals surface area contributed by atoms with Gasteiger partial charge in [0.15, 0.2) is 0 Å². The van der Waals surface area contributed by atoms with Crippen molar-refractivity contribution in [2.75, 3.05) is 6.54 Å². The highest BCUT2D eigenvalue weighted by Crippen LogP contribution is 2.20. The van der Waals surface area contributed by atoms with Crippen molar-refractivity contribution >= 4 is 17.4 Å². The lowest BCUT2D eigenvalue weighted by molar-refractivity contribution is -0.118. The summed E-state index contributed by atoms with van der Waals surface area (Å²) < 4.78 is 13.5. The van der Waals surface area contributed by atoms with E-state index in [2.05, 4.69) is 5.32 Å². The van der Waals surface area contributed by atoms with E-state index >= 15 is 0 Å². The van der Waals surface area contributed by atoms with E-state index in [0.717, 1.165) is 19.4 Å². The van der Waals surface area contributed by atoms with Gasteiger partial charge in [0.05, 0.1) is 0 Å². The molecule has 17 heavy (non-hydrogen) atoms. The molecule has 0 amide bonds. The molecule has 1 saturated heterocycles. The molecule has 92 valence electrons. The summed E-state index contributed by atoms with van der Waals surface area (Å²) in [7, 11) is 0. The fraction of sp³-hybridized carbons (Fsp3) is 0.462. The molecule has 0 saturated carbocycles. The molecule has 0 spiro atoms. The van der Waals surface area contributed by atoms with Crippen molar-refractivity contribution in [2.24, 2.45) is 0 Å². The van der Waals surface area contributed by atoms with Crippen LogP contribution in [0.1, 0.15) is 24.8 Å². The van der Waals surface area contributed by atoms with Crippen LogP contribution in [0.15, 0.2) is 18.2 Å².